The number of aromatic nitrogens is 2. The van der Waals surface area contributed by atoms with Crippen LogP contribution in [0.25, 0.3) is 0 Å². The topological polar surface area (TPSA) is 58.0 Å². The molecule has 0 bridgehead atoms. The second kappa shape index (κ2) is 4.52. The largest absolute Gasteiger partial charge is 0.392 e. The Morgan fingerprint density at radius 2 is 1.93 bits per heavy atom. The summed E-state index contributed by atoms with van der Waals surface area (Å²) in [7, 11) is 0. The van der Waals surface area contributed by atoms with E-state index in [1.165, 1.54) is 0 Å². The van der Waals surface area contributed by atoms with Gasteiger partial charge in [-0.3, -0.25) is 4.98 Å². The monoisotopic (exact) mass is 201 g/mol. The summed E-state index contributed by atoms with van der Waals surface area (Å²) in [6, 6.07) is 7.50. The summed E-state index contributed by atoms with van der Waals surface area (Å²) >= 11 is 0. The van der Waals surface area contributed by atoms with Crippen LogP contribution in [0.5, 0.6) is 0 Å². The van der Waals surface area contributed by atoms with Crippen molar-refractivity contribution in [2.24, 2.45) is 0 Å². The second-order valence-electron chi connectivity index (χ2n) is 3.07. The zero-order valence-electron chi connectivity index (χ0n) is 8.09. The number of anilines is 2. The van der Waals surface area contributed by atoms with Gasteiger partial charge in [0.15, 0.2) is 0 Å². The third kappa shape index (κ3) is 2.51. The van der Waals surface area contributed by atoms with Gasteiger partial charge in [-0.15, -0.1) is 0 Å². The van der Waals surface area contributed by atoms with Crippen LogP contribution in [0.15, 0.2) is 42.9 Å². The fraction of sp³-hybridized carbons (Fsp3) is 0.0909. The van der Waals surface area contributed by atoms with Crippen molar-refractivity contribution >= 4 is 11.5 Å². The summed E-state index contributed by atoms with van der Waals surface area (Å²) in [5.74, 6) is 0.703. The van der Waals surface area contributed by atoms with Crippen LogP contribution in [0.4, 0.5) is 11.5 Å². The zero-order chi connectivity index (χ0) is 10.5. The zero-order valence-corrected chi connectivity index (χ0v) is 8.09. The molecule has 76 valence electrons. The lowest BCUT2D eigenvalue weighted by atomic mass is 10.2. The van der Waals surface area contributed by atoms with E-state index in [0.717, 1.165) is 11.3 Å². The van der Waals surface area contributed by atoms with Crippen molar-refractivity contribution < 1.29 is 5.11 Å². The van der Waals surface area contributed by atoms with Crippen LogP contribution < -0.4 is 5.32 Å². The fourth-order valence-electron chi connectivity index (χ4n) is 1.21. The molecule has 15 heavy (non-hydrogen) atoms. The molecule has 2 aromatic rings. The number of nitrogens with one attached hydrogen (secondary N) is 1. The highest BCUT2D eigenvalue weighted by Gasteiger charge is 1.95. The third-order valence-corrected chi connectivity index (χ3v) is 1.97. The average Bonchev–Trinajstić information content (AvgIpc) is 2.31. The third-order valence-electron chi connectivity index (χ3n) is 1.97. The van der Waals surface area contributed by atoms with Crippen LogP contribution in [0.1, 0.15) is 5.56 Å². The van der Waals surface area contributed by atoms with E-state index in [2.05, 4.69) is 15.3 Å². The summed E-state index contributed by atoms with van der Waals surface area (Å²) in [5, 5.41) is 12.0. The van der Waals surface area contributed by atoms with E-state index >= 15 is 0 Å². The number of aliphatic hydroxyl groups is 1. The number of hydrogen-bond acceptors (Lipinski definition) is 4. The van der Waals surface area contributed by atoms with Crippen LogP contribution in [0.3, 0.4) is 0 Å². The molecular weight excluding hydrogens is 190 g/mol. The minimum Gasteiger partial charge on any atom is -0.392 e. The first-order valence-electron chi connectivity index (χ1n) is 4.61. The molecule has 4 nitrogen and oxygen atoms in total. The van der Waals surface area contributed by atoms with Crippen LogP contribution in [0.2, 0.25) is 0 Å². The van der Waals surface area contributed by atoms with Crippen molar-refractivity contribution in [3.63, 3.8) is 0 Å². The smallest absolute Gasteiger partial charge is 0.148 e. The second-order valence-corrected chi connectivity index (χ2v) is 3.07. The first-order valence-corrected chi connectivity index (χ1v) is 4.61. The summed E-state index contributed by atoms with van der Waals surface area (Å²) in [5.41, 5.74) is 1.81. The van der Waals surface area contributed by atoms with Crippen LogP contribution in [0, 0.1) is 0 Å². The lowest BCUT2D eigenvalue weighted by Crippen LogP contribution is -1.93. The predicted octanol–water partition coefficient (Wildman–Crippen LogP) is 1.71. The van der Waals surface area contributed by atoms with Gasteiger partial charge in [0.05, 0.1) is 12.8 Å². The number of hydrogen-bond donors (Lipinski definition) is 2. The molecule has 0 amide bonds. The normalized spacial score (nSPS) is 9.93. The molecule has 2 rings (SSSR count). The molecule has 0 unspecified atom stereocenters. The minimum atomic E-state index is 0.0609. The molecule has 0 radical (unpaired) electrons. The molecule has 0 saturated heterocycles. The maximum absolute atomic E-state index is 8.88. The molecule has 1 aromatic heterocycles. The lowest BCUT2D eigenvalue weighted by Gasteiger charge is -2.04. The highest BCUT2D eigenvalue weighted by atomic mass is 16.3. The van der Waals surface area contributed by atoms with Gasteiger partial charge in [0.1, 0.15) is 5.82 Å². The van der Waals surface area contributed by atoms with E-state index < -0.39 is 0 Å². The molecule has 1 aromatic carbocycles. The van der Waals surface area contributed by atoms with Crippen molar-refractivity contribution in [2.75, 3.05) is 5.32 Å². The van der Waals surface area contributed by atoms with Crippen LogP contribution >= 0.6 is 0 Å². The Hall–Kier alpha value is -1.94. The van der Waals surface area contributed by atoms with Gasteiger partial charge < -0.3 is 10.4 Å². The summed E-state index contributed by atoms with van der Waals surface area (Å²) in [6.07, 6.45) is 4.91. The molecule has 0 aliphatic carbocycles. The van der Waals surface area contributed by atoms with Crippen molar-refractivity contribution in [3.8, 4) is 0 Å². The van der Waals surface area contributed by atoms with E-state index in [4.69, 9.17) is 5.11 Å². The van der Waals surface area contributed by atoms with E-state index in [1.54, 1.807) is 18.6 Å². The highest BCUT2D eigenvalue weighted by Crippen LogP contribution is 2.13. The SMILES string of the molecule is OCc1ccc(Nc2cnccn2)cc1. The highest BCUT2D eigenvalue weighted by molar-refractivity contribution is 5.55. The number of rotatable bonds is 3. The van der Waals surface area contributed by atoms with E-state index in [1.807, 2.05) is 24.3 Å². The number of nitrogens with zero attached hydrogens (tertiary/aromatic N) is 2. The summed E-state index contributed by atoms with van der Waals surface area (Å²) in [4.78, 5) is 8.04. The molecule has 0 atom stereocenters. The predicted molar refractivity (Wildman–Crippen MR) is 57.7 cm³/mol. The number of benzene rings is 1. The van der Waals surface area contributed by atoms with Crippen LogP contribution in [-0.2, 0) is 6.61 Å². The van der Waals surface area contributed by atoms with Gasteiger partial charge in [-0.1, -0.05) is 12.1 Å². The van der Waals surface area contributed by atoms with Crippen molar-refractivity contribution in [3.05, 3.63) is 48.4 Å². The molecule has 0 aliphatic heterocycles. The molecular formula is C11H11N3O. The molecule has 0 spiro atoms. The Morgan fingerprint density at radius 1 is 1.13 bits per heavy atom. The van der Waals surface area contributed by atoms with Gasteiger partial charge in [0.25, 0.3) is 0 Å². The van der Waals surface area contributed by atoms with Crippen molar-refractivity contribution in [1.82, 2.24) is 9.97 Å². The van der Waals surface area contributed by atoms with Gasteiger partial charge in [-0.25, -0.2) is 4.98 Å². The van der Waals surface area contributed by atoms with Gasteiger partial charge >= 0.3 is 0 Å². The van der Waals surface area contributed by atoms with Gasteiger partial charge in [0.2, 0.25) is 0 Å². The Balaban J connectivity index is 2.11. The van der Waals surface area contributed by atoms with E-state index in [-0.39, 0.29) is 6.61 Å². The first kappa shape index (κ1) is 9.61. The maximum atomic E-state index is 8.88. The Labute approximate surface area is 87.6 Å². The first-order chi connectivity index (χ1) is 7.38. The number of aliphatic hydroxyl groups excluding tert-OH is 1. The van der Waals surface area contributed by atoms with Gasteiger partial charge in [0, 0.05) is 18.1 Å². The Morgan fingerprint density at radius 3 is 2.53 bits per heavy atom. The van der Waals surface area contributed by atoms with Crippen LogP contribution in [-0.4, -0.2) is 15.1 Å². The van der Waals surface area contributed by atoms with Gasteiger partial charge in [-0.05, 0) is 17.7 Å². The van der Waals surface area contributed by atoms with E-state index in [0.29, 0.717) is 5.82 Å². The quantitative estimate of drug-likeness (QED) is 0.793. The molecule has 4 heteroatoms. The summed E-state index contributed by atoms with van der Waals surface area (Å²) in [6.45, 7) is 0.0609. The minimum absolute atomic E-state index is 0.0609. The van der Waals surface area contributed by atoms with Crippen molar-refractivity contribution in [1.29, 1.82) is 0 Å². The Kier molecular flexibility index (Phi) is 2.90. The molecule has 0 saturated carbocycles. The fourth-order valence-corrected chi connectivity index (χ4v) is 1.21. The molecule has 0 aliphatic rings. The average molecular weight is 201 g/mol. The Bertz CT molecular complexity index is 414. The molecule has 1 heterocycles. The van der Waals surface area contributed by atoms with Crippen molar-refractivity contribution in [2.45, 2.75) is 6.61 Å². The molecule has 2 N–H and O–H groups in total. The maximum Gasteiger partial charge on any atom is 0.148 e. The standard InChI is InChI=1S/C11H11N3O/c15-8-9-1-3-10(4-2-9)14-11-7-12-5-6-13-11/h1-7,15H,8H2,(H,13,14). The summed E-state index contributed by atoms with van der Waals surface area (Å²) < 4.78 is 0. The molecule has 0 fully saturated rings. The van der Waals surface area contributed by atoms with E-state index in [9.17, 15) is 0 Å². The van der Waals surface area contributed by atoms with Gasteiger partial charge in [-0.2, -0.15) is 0 Å². The lowest BCUT2D eigenvalue weighted by molar-refractivity contribution is 0.282.